The first-order valence-corrected chi connectivity index (χ1v) is 6.78. The highest BCUT2D eigenvalue weighted by molar-refractivity contribution is 5.83. The Labute approximate surface area is 118 Å². The Hall–Kier alpha value is -2.07. The van der Waals surface area contributed by atoms with Gasteiger partial charge in [-0.3, -0.25) is 4.79 Å². The van der Waals surface area contributed by atoms with Crippen LogP contribution in [0.4, 0.5) is 0 Å². The minimum absolute atomic E-state index is 0.119. The van der Waals surface area contributed by atoms with Gasteiger partial charge in [0.2, 0.25) is 0 Å². The molecule has 0 aliphatic heterocycles. The second kappa shape index (κ2) is 6.91. The highest BCUT2D eigenvalue weighted by Crippen LogP contribution is 2.20. The Kier molecular flexibility index (Phi) is 4.96. The Morgan fingerprint density at radius 2 is 2.00 bits per heavy atom. The van der Waals surface area contributed by atoms with Crippen molar-refractivity contribution in [1.82, 2.24) is 5.32 Å². The third kappa shape index (κ3) is 3.71. The zero-order valence-corrected chi connectivity index (χ0v) is 11.5. The molecule has 0 aliphatic rings. The second-order valence-electron chi connectivity index (χ2n) is 4.66. The number of benzene rings is 2. The fourth-order valence-electron chi connectivity index (χ4n) is 1.97. The van der Waals surface area contributed by atoms with Crippen molar-refractivity contribution in [2.45, 2.75) is 19.4 Å². The van der Waals surface area contributed by atoms with Crippen LogP contribution in [0, 0.1) is 0 Å². The summed E-state index contributed by atoms with van der Waals surface area (Å²) in [6, 6.07) is 13.1. The van der Waals surface area contributed by atoms with Gasteiger partial charge in [0.05, 0.1) is 0 Å². The van der Waals surface area contributed by atoms with Crippen molar-refractivity contribution in [2.75, 3.05) is 13.2 Å². The molecule has 2 N–H and O–H groups in total. The van der Waals surface area contributed by atoms with Crippen molar-refractivity contribution in [1.29, 1.82) is 0 Å². The fraction of sp³-hybridized carbons (Fsp3) is 0.312. The molecule has 4 heteroatoms. The minimum Gasteiger partial charge on any atom is -0.491 e. The van der Waals surface area contributed by atoms with Crippen LogP contribution in [0.3, 0.4) is 0 Å². The van der Waals surface area contributed by atoms with E-state index >= 15 is 0 Å². The molecule has 0 saturated carbocycles. The van der Waals surface area contributed by atoms with Crippen LogP contribution in [0.2, 0.25) is 0 Å². The molecule has 4 nitrogen and oxygen atoms in total. The lowest BCUT2D eigenvalue weighted by molar-refractivity contribution is -0.140. The van der Waals surface area contributed by atoms with E-state index in [9.17, 15) is 4.79 Å². The molecule has 0 aromatic heterocycles. The van der Waals surface area contributed by atoms with Gasteiger partial charge in [0.15, 0.2) is 0 Å². The van der Waals surface area contributed by atoms with E-state index in [-0.39, 0.29) is 6.61 Å². The molecule has 0 radical (unpaired) electrons. The Bertz CT molecular complexity index is 583. The van der Waals surface area contributed by atoms with E-state index in [0.29, 0.717) is 12.3 Å². The van der Waals surface area contributed by atoms with Gasteiger partial charge >= 0.3 is 5.97 Å². The summed E-state index contributed by atoms with van der Waals surface area (Å²) in [5.74, 6) is -0.201. The highest BCUT2D eigenvalue weighted by Gasteiger charge is 2.16. The van der Waals surface area contributed by atoms with Gasteiger partial charge in [-0.1, -0.05) is 37.3 Å². The maximum Gasteiger partial charge on any atom is 0.324 e. The molecule has 2 aromatic rings. The van der Waals surface area contributed by atoms with Crippen LogP contribution in [-0.2, 0) is 4.79 Å². The topological polar surface area (TPSA) is 58.6 Å². The zero-order chi connectivity index (χ0) is 14.4. The van der Waals surface area contributed by atoms with Crippen molar-refractivity contribution in [3.63, 3.8) is 0 Å². The van der Waals surface area contributed by atoms with Crippen LogP contribution in [0.5, 0.6) is 5.75 Å². The van der Waals surface area contributed by atoms with Crippen LogP contribution in [0.1, 0.15) is 13.3 Å². The van der Waals surface area contributed by atoms with Crippen molar-refractivity contribution in [3.8, 4) is 5.75 Å². The number of ether oxygens (including phenoxy) is 1. The summed E-state index contributed by atoms with van der Waals surface area (Å²) in [5.41, 5.74) is 0. The molecular formula is C16H19NO3. The fourth-order valence-corrected chi connectivity index (χ4v) is 1.97. The third-order valence-corrected chi connectivity index (χ3v) is 3.08. The number of rotatable bonds is 7. The standard InChI is InChI=1S/C16H19NO3/c1-2-9-17-15(16(18)19)11-20-14-8-7-12-5-3-4-6-13(12)10-14/h3-8,10,15,17H,2,9,11H2,1H3,(H,18,19). The molecule has 0 heterocycles. The van der Waals surface area contributed by atoms with Gasteiger partial charge in [0.25, 0.3) is 0 Å². The highest BCUT2D eigenvalue weighted by atomic mass is 16.5. The van der Waals surface area contributed by atoms with Crippen LogP contribution in [-0.4, -0.2) is 30.3 Å². The molecule has 106 valence electrons. The Morgan fingerprint density at radius 1 is 1.25 bits per heavy atom. The van der Waals surface area contributed by atoms with Gasteiger partial charge in [0.1, 0.15) is 18.4 Å². The van der Waals surface area contributed by atoms with Crippen LogP contribution in [0.25, 0.3) is 10.8 Å². The number of nitrogens with one attached hydrogen (secondary N) is 1. The van der Waals surface area contributed by atoms with Gasteiger partial charge in [-0.05, 0) is 35.9 Å². The maximum atomic E-state index is 11.1. The van der Waals surface area contributed by atoms with Crippen molar-refractivity contribution >= 4 is 16.7 Å². The lowest BCUT2D eigenvalue weighted by Gasteiger charge is -2.15. The third-order valence-electron chi connectivity index (χ3n) is 3.08. The summed E-state index contributed by atoms with van der Waals surface area (Å²) in [6.45, 7) is 2.78. The molecule has 0 aliphatic carbocycles. The summed E-state index contributed by atoms with van der Waals surface area (Å²) < 4.78 is 5.59. The first kappa shape index (κ1) is 14.3. The average Bonchev–Trinajstić information content (AvgIpc) is 2.46. The molecule has 0 amide bonds. The Balaban J connectivity index is 2.01. The van der Waals surface area contributed by atoms with Gasteiger partial charge in [-0.2, -0.15) is 0 Å². The van der Waals surface area contributed by atoms with Gasteiger partial charge in [-0.15, -0.1) is 0 Å². The molecular weight excluding hydrogens is 254 g/mol. The monoisotopic (exact) mass is 273 g/mol. The lowest BCUT2D eigenvalue weighted by atomic mass is 10.1. The number of hydrogen-bond donors (Lipinski definition) is 2. The molecule has 20 heavy (non-hydrogen) atoms. The van der Waals surface area contributed by atoms with Gasteiger partial charge < -0.3 is 15.2 Å². The zero-order valence-electron chi connectivity index (χ0n) is 11.5. The van der Waals surface area contributed by atoms with E-state index in [0.717, 1.165) is 17.2 Å². The lowest BCUT2D eigenvalue weighted by Crippen LogP contribution is -2.41. The van der Waals surface area contributed by atoms with Crippen LogP contribution >= 0.6 is 0 Å². The van der Waals surface area contributed by atoms with E-state index in [1.807, 2.05) is 49.4 Å². The summed E-state index contributed by atoms with van der Waals surface area (Å²) in [5, 5.41) is 14.3. The molecule has 0 spiro atoms. The SMILES string of the molecule is CCCNC(COc1ccc2ccccc2c1)C(=O)O. The molecule has 1 atom stereocenters. The van der Waals surface area contributed by atoms with Crippen LogP contribution < -0.4 is 10.1 Å². The van der Waals surface area contributed by atoms with E-state index in [4.69, 9.17) is 9.84 Å². The summed E-state index contributed by atoms with van der Waals surface area (Å²) in [6.07, 6.45) is 0.889. The minimum atomic E-state index is -0.890. The number of hydrogen-bond acceptors (Lipinski definition) is 3. The van der Waals surface area contributed by atoms with Crippen molar-refractivity contribution < 1.29 is 14.6 Å². The van der Waals surface area contributed by atoms with Crippen LogP contribution in [0.15, 0.2) is 42.5 Å². The first-order valence-electron chi connectivity index (χ1n) is 6.78. The predicted octanol–water partition coefficient (Wildman–Crippen LogP) is 2.67. The first-order chi connectivity index (χ1) is 9.70. The summed E-state index contributed by atoms with van der Waals surface area (Å²) in [7, 11) is 0. The van der Waals surface area contributed by atoms with E-state index in [1.54, 1.807) is 0 Å². The summed E-state index contributed by atoms with van der Waals surface area (Å²) >= 11 is 0. The molecule has 2 rings (SSSR count). The molecule has 0 fully saturated rings. The molecule has 0 bridgehead atoms. The maximum absolute atomic E-state index is 11.1. The average molecular weight is 273 g/mol. The normalized spacial score (nSPS) is 12.2. The Morgan fingerprint density at radius 3 is 2.70 bits per heavy atom. The largest absolute Gasteiger partial charge is 0.491 e. The molecule has 1 unspecified atom stereocenters. The number of carboxylic acids is 1. The van der Waals surface area contributed by atoms with Crippen molar-refractivity contribution in [3.05, 3.63) is 42.5 Å². The molecule has 0 saturated heterocycles. The van der Waals surface area contributed by atoms with Crippen molar-refractivity contribution in [2.24, 2.45) is 0 Å². The number of carbonyl (C=O) groups is 1. The summed E-state index contributed by atoms with van der Waals surface area (Å²) in [4.78, 5) is 11.1. The molecule has 2 aromatic carbocycles. The van der Waals surface area contributed by atoms with E-state index in [2.05, 4.69) is 5.32 Å². The number of fused-ring (bicyclic) bond motifs is 1. The van der Waals surface area contributed by atoms with E-state index < -0.39 is 12.0 Å². The van der Waals surface area contributed by atoms with Gasteiger partial charge in [0, 0.05) is 0 Å². The number of carboxylic acid groups (broad SMARTS) is 1. The van der Waals surface area contributed by atoms with Gasteiger partial charge in [-0.25, -0.2) is 0 Å². The smallest absolute Gasteiger partial charge is 0.324 e. The number of aliphatic carboxylic acids is 1. The quantitative estimate of drug-likeness (QED) is 0.814. The van der Waals surface area contributed by atoms with E-state index in [1.165, 1.54) is 0 Å². The second-order valence-corrected chi connectivity index (χ2v) is 4.66. The predicted molar refractivity (Wildman–Crippen MR) is 79.2 cm³/mol.